The summed E-state index contributed by atoms with van der Waals surface area (Å²) in [6.07, 6.45) is -0.231. The fourth-order valence-electron chi connectivity index (χ4n) is 1.37. The van der Waals surface area contributed by atoms with Gasteiger partial charge >= 0.3 is 5.97 Å². The van der Waals surface area contributed by atoms with Gasteiger partial charge in [0.15, 0.2) is 0 Å². The van der Waals surface area contributed by atoms with Crippen molar-refractivity contribution in [2.45, 2.75) is 46.1 Å². The second-order valence-electron chi connectivity index (χ2n) is 5.72. The molecule has 0 aliphatic heterocycles. The van der Waals surface area contributed by atoms with Crippen LogP contribution >= 0.6 is 0 Å². The van der Waals surface area contributed by atoms with Gasteiger partial charge in [-0.05, 0) is 6.42 Å². The molecule has 0 heterocycles. The summed E-state index contributed by atoms with van der Waals surface area (Å²) >= 11 is 0. The SMILES string of the molecule is CC(C)(C)C(=O)NCCC(=O)N[C@H](CCC(N)=O)C(=O)O. The summed E-state index contributed by atoms with van der Waals surface area (Å²) in [5.41, 5.74) is 4.38. The minimum atomic E-state index is -1.23. The maximum absolute atomic E-state index is 11.6. The van der Waals surface area contributed by atoms with Crippen LogP contribution in [0.1, 0.15) is 40.0 Å². The molecule has 0 saturated carbocycles. The number of nitrogens with one attached hydrogen (secondary N) is 2. The van der Waals surface area contributed by atoms with E-state index in [0.717, 1.165) is 0 Å². The predicted molar refractivity (Wildman–Crippen MR) is 75.1 cm³/mol. The number of carboxylic acid groups (broad SMARTS) is 1. The summed E-state index contributed by atoms with van der Waals surface area (Å²) in [5, 5.41) is 13.8. The van der Waals surface area contributed by atoms with E-state index in [1.54, 1.807) is 20.8 Å². The van der Waals surface area contributed by atoms with Crippen molar-refractivity contribution in [1.82, 2.24) is 10.6 Å². The van der Waals surface area contributed by atoms with Crippen LogP contribution in [0, 0.1) is 5.41 Å². The third-order valence-corrected chi connectivity index (χ3v) is 2.63. The van der Waals surface area contributed by atoms with Gasteiger partial charge in [-0.15, -0.1) is 0 Å². The number of carboxylic acids is 1. The lowest BCUT2D eigenvalue weighted by Crippen LogP contribution is -2.43. The summed E-state index contributed by atoms with van der Waals surface area (Å²) in [6, 6.07) is -1.16. The molecule has 21 heavy (non-hydrogen) atoms. The zero-order chi connectivity index (χ0) is 16.6. The summed E-state index contributed by atoms with van der Waals surface area (Å²) in [7, 11) is 0. The monoisotopic (exact) mass is 301 g/mol. The topological polar surface area (TPSA) is 139 Å². The van der Waals surface area contributed by atoms with Gasteiger partial charge in [-0.1, -0.05) is 20.8 Å². The van der Waals surface area contributed by atoms with Gasteiger partial charge in [-0.2, -0.15) is 0 Å². The van der Waals surface area contributed by atoms with E-state index >= 15 is 0 Å². The number of hydrogen-bond donors (Lipinski definition) is 4. The molecule has 5 N–H and O–H groups in total. The van der Waals surface area contributed by atoms with Crippen LogP contribution in [0.5, 0.6) is 0 Å². The fourth-order valence-corrected chi connectivity index (χ4v) is 1.37. The van der Waals surface area contributed by atoms with E-state index in [1.807, 2.05) is 0 Å². The maximum Gasteiger partial charge on any atom is 0.326 e. The third-order valence-electron chi connectivity index (χ3n) is 2.63. The van der Waals surface area contributed by atoms with Crippen LogP contribution in [-0.2, 0) is 19.2 Å². The van der Waals surface area contributed by atoms with Gasteiger partial charge in [0.2, 0.25) is 17.7 Å². The number of nitrogens with two attached hydrogens (primary N) is 1. The molecule has 0 aliphatic rings. The van der Waals surface area contributed by atoms with E-state index in [4.69, 9.17) is 10.8 Å². The summed E-state index contributed by atoms with van der Waals surface area (Å²) < 4.78 is 0. The summed E-state index contributed by atoms with van der Waals surface area (Å²) in [6.45, 7) is 5.34. The number of hydrogen-bond acceptors (Lipinski definition) is 4. The number of aliphatic carboxylic acids is 1. The van der Waals surface area contributed by atoms with Crippen LogP contribution in [0.15, 0.2) is 0 Å². The van der Waals surface area contributed by atoms with Gasteiger partial charge in [0.1, 0.15) is 6.04 Å². The van der Waals surface area contributed by atoms with E-state index in [1.165, 1.54) is 0 Å². The first-order valence-electron chi connectivity index (χ1n) is 6.63. The normalized spacial score (nSPS) is 12.3. The van der Waals surface area contributed by atoms with Crippen LogP contribution in [-0.4, -0.2) is 41.4 Å². The van der Waals surface area contributed by atoms with Crippen molar-refractivity contribution in [3.05, 3.63) is 0 Å². The Kier molecular flexibility index (Phi) is 7.40. The molecule has 0 rings (SSSR count). The quantitative estimate of drug-likeness (QED) is 0.473. The molecule has 3 amide bonds. The Balaban J connectivity index is 4.18. The van der Waals surface area contributed by atoms with Crippen LogP contribution in [0.2, 0.25) is 0 Å². The van der Waals surface area contributed by atoms with Crippen LogP contribution < -0.4 is 16.4 Å². The maximum atomic E-state index is 11.6. The predicted octanol–water partition coefficient (Wildman–Crippen LogP) is -0.626. The molecular weight excluding hydrogens is 278 g/mol. The highest BCUT2D eigenvalue weighted by atomic mass is 16.4. The molecule has 0 saturated heterocycles. The number of amides is 3. The Morgan fingerprint density at radius 2 is 1.71 bits per heavy atom. The zero-order valence-corrected chi connectivity index (χ0v) is 12.6. The van der Waals surface area contributed by atoms with Crippen LogP contribution in [0.3, 0.4) is 0 Å². The van der Waals surface area contributed by atoms with Crippen molar-refractivity contribution >= 4 is 23.7 Å². The van der Waals surface area contributed by atoms with Gasteiger partial charge in [0.25, 0.3) is 0 Å². The number of carbonyl (C=O) groups is 4. The molecule has 8 nitrogen and oxygen atoms in total. The summed E-state index contributed by atoms with van der Waals surface area (Å²) in [5.74, 6) is -2.57. The molecule has 0 fully saturated rings. The first-order valence-corrected chi connectivity index (χ1v) is 6.63. The molecule has 1 atom stereocenters. The minimum Gasteiger partial charge on any atom is -0.480 e. The molecule has 0 bridgehead atoms. The van der Waals surface area contributed by atoms with Crippen molar-refractivity contribution in [3.63, 3.8) is 0 Å². The standard InChI is InChI=1S/C13H23N3O5/c1-13(2,3)12(21)15-7-6-10(18)16-8(11(19)20)4-5-9(14)17/h8H,4-7H2,1-3H3,(H2,14,17)(H,15,21)(H,16,18)(H,19,20)/t8-/m1/s1. The number of primary amides is 1. The third kappa shape index (κ3) is 8.61. The highest BCUT2D eigenvalue weighted by molar-refractivity contribution is 5.85. The first-order chi connectivity index (χ1) is 9.54. The lowest BCUT2D eigenvalue weighted by atomic mass is 9.96. The Bertz CT molecular complexity index is 415. The highest BCUT2D eigenvalue weighted by Crippen LogP contribution is 2.12. The molecule has 8 heteroatoms. The fraction of sp³-hybridized carbons (Fsp3) is 0.692. The van der Waals surface area contributed by atoms with Crippen molar-refractivity contribution in [2.24, 2.45) is 11.1 Å². The van der Waals surface area contributed by atoms with Crippen molar-refractivity contribution < 1.29 is 24.3 Å². The van der Waals surface area contributed by atoms with Gasteiger partial charge in [-0.3, -0.25) is 14.4 Å². The Labute approximate surface area is 123 Å². The molecule has 0 spiro atoms. The molecule has 0 aliphatic carbocycles. The largest absolute Gasteiger partial charge is 0.480 e. The average Bonchev–Trinajstić information content (AvgIpc) is 2.32. The summed E-state index contributed by atoms with van der Waals surface area (Å²) in [4.78, 5) is 44.7. The lowest BCUT2D eigenvalue weighted by Gasteiger charge is -2.18. The van der Waals surface area contributed by atoms with Crippen molar-refractivity contribution in [1.29, 1.82) is 0 Å². The minimum absolute atomic E-state index is 0.0395. The van der Waals surface area contributed by atoms with Crippen LogP contribution in [0.4, 0.5) is 0 Å². The van der Waals surface area contributed by atoms with Gasteiger partial charge in [0.05, 0.1) is 0 Å². The molecule has 0 aromatic heterocycles. The van der Waals surface area contributed by atoms with Gasteiger partial charge in [-0.25, -0.2) is 4.79 Å². The van der Waals surface area contributed by atoms with E-state index in [2.05, 4.69) is 10.6 Å². The van der Waals surface area contributed by atoms with Crippen LogP contribution in [0.25, 0.3) is 0 Å². The lowest BCUT2D eigenvalue weighted by molar-refractivity contribution is -0.142. The Hall–Kier alpha value is -2.12. The van der Waals surface area contributed by atoms with E-state index in [9.17, 15) is 19.2 Å². The van der Waals surface area contributed by atoms with E-state index in [0.29, 0.717) is 0 Å². The molecule has 0 unspecified atom stereocenters. The first kappa shape index (κ1) is 18.9. The van der Waals surface area contributed by atoms with Gasteiger partial charge in [0, 0.05) is 24.8 Å². The highest BCUT2D eigenvalue weighted by Gasteiger charge is 2.22. The number of carbonyl (C=O) groups excluding carboxylic acids is 3. The molecule has 120 valence electrons. The van der Waals surface area contributed by atoms with E-state index < -0.39 is 29.2 Å². The zero-order valence-electron chi connectivity index (χ0n) is 12.6. The van der Waals surface area contributed by atoms with Crippen molar-refractivity contribution in [3.8, 4) is 0 Å². The number of rotatable bonds is 8. The second kappa shape index (κ2) is 8.23. The Morgan fingerprint density at radius 3 is 2.14 bits per heavy atom. The van der Waals surface area contributed by atoms with E-state index in [-0.39, 0.29) is 31.7 Å². The van der Waals surface area contributed by atoms with Crippen molar-refractivity contribution in [2.75, 3.05) is 6.54 Å². The van der Waals surface area contributed by atoms with Gasteiger partial charge < -0.3 is 21.5 Å². The average molecular weight is 301 g/mol. The second-order valence-corrected chi connectivity index (χ2v) is 5.72. The Morgan fingerprint density at radius 1 is 1.14 bits per heavy atom. The molecular formula is C13H23N3O5. The molecule has 0 aromatic carbocycles. The smallest absolute Gasteiger partial charge is 0.326 e. The molecule has 0 aromatic rings. The molecule has 0 radical (unpaired) electrons.